The minimum atomic E-state index is -4.52. The number of hydrogen-bond donors (Lipinski definition) is 0. The number of pyridine rings is 1. The molecule has 2 aliphatic rings. The number of nitrogens with zero attached hydrogens (tertiary/aromatic N) is 4. The van der Waals surface area contributed by atoms with Crippen LogP contribution < -0.4 is 4.90 Å². The average molecular weight is 499 g/mol. The largest absolute Gasteiger partial charge is 0.416 e. The zero-order valence-electron chi connectivity index (χ0n) is 18.1. The van der Waals surface area contributed by atoms with Crippen LogP contribution in [-0.4, -0.2) is 57.7 Å². The molecule has 0 aliphatic carbocycles. The molecule has 3 amide bonds. The summed E-state index contributed by atoms with van der Waals surface area (Å²) < 4.78 is 53.4. The second kappa shape index (κ2) is 8.23. The van der Waals surface area contributed by atoms with Gasteiger partial charge < -0.3 is 9.80 Å². The van der Waals surface area contributed by atoms with Crippen molar-refractivity contribution >= 4 is 35.1 Å². The second-order valence-corrected chi connectivity index (χ2v) is 8.75. The van der Waals surface area contributed by atoms with E-state index in [2.05, 4.69) is 4.98 Å². The molecular weight excluding hydrogens is 480 g/mol. The van der Waals surface area contributed by atoms with E-state index in [1.165, 1.54) is 28.9 Å². The monoisotopic (exact) mass is 498 g/mol. The zero-order chi connectivity index (χ0) is 25.0. The maximum atomic E-state index is 14.5. The number of carbonyl (C=O) groups is 3. The molecular formula is C22H19ClF4N4O3. The molecule has 1 atom stereocenters. The molecule has 12 heteroatoms. The fourth-order valence-electron chi connectivity index (χ4n) is 4.44. The maximum Gasteiger partial charge on any atom is 0.416 e. The van der Waals surface area contributed by atoms with E-state index in [9.17, 15) is 31.9 Å². The summed E-state index contributed by atoms with van der Waals surface area (Å²) in [5, 5.41) is 0.00991. The Balaban J connectivity index is 1.72. The van der Waals surface area contributed by atoms with E-state index in [4.69, 9.17) is 11.6 Å². The lowest BCUT2D eigenvalue weighted by Gasteiger charge is -2.59. The maximum absolute atomic E-state index is 14.5. The second-order valence-electron chi connectivity index (χ2n) is 8.32. The molecule has 2 saturated heterocycles. The van der Waals surface area contributed by atoms with Crippen molar-refractivity contribution < 1.29 is 31.9 Å². The molecule has 34 heavy (non-hydrogen) atoms. The van der Waals surface area contributed by atoms with Gasteiger partial charge in [0.25, 0.3) is 5.91 Å². The number of rotatable bonds is 3. The molecule has 0 unspecified atom stereocenters. The predicted octanol–water partition coefficient (Wildman–Crippen LogP) is 3.43. The summed E-state index contributed by atoms with van der Waals surface area (Å²) in [7, 11) is 0. The van der Waals surface area contributed by atoms with E-state index >= 15 is 0 Å². The van der Waals surface area contributed by atoms with E-state index in [0.29, 0.717) is 5.56 Å². The van der Waals surface area contributed by atoms with Gasteiger partial charge in [0.05, 0.1) is 29.7 Å². The summed E-state index contributed by atoms with van der Waals surface area (Å²) >= 11 is 5.75. The fraction of sp³-hybridized carbons (Fsp3) is 0.364. The summed E-state index contributed by atoms with van der Waals surface area (Å²) in [4.78, 5) is 46.2. The first-order chi connectivity index (χ1) is 15.8. The highest BCUT2D eigenvalue weighted by molar-refractivity contribution is 6.30. The summed E-state index contributed by atoms with van der Waals surface area (Å²) in [5.41, 5.74) is -1.99. The Morgan fingerprint density at radius 3 is 2.32 bits per heavy atom. The van der Waals surface area contributed by atoms with Crippen LogP contribution in [0.5, 0.6) is 0 Å². The lowest BCUT2D eigenvalue weighted by Crippen LogP contribution is -2.81. The van der Waals surface area contributed by atoms with Gasteiger partial charge in [-0.05, 0) is 30.7 Å². The summed E-state index contributed by atoms with van der Waals surface area (Å²) in [6, 6.07) is 4.46. The van der Waals surface area contributed by atoms with Gasteiger partial charge in [0.2, 0.25) is 11.8 Å². The lowest BCUT2D eigenvalue weighted by molar-refractivity contribution is -0.172. The van der Waals surface area contributed by atoms with Crippen LogP contribution >= 0.6 is 11.6 Å². The number of hydrogen-bond acceptors (Lipinski definition) is 4. The highest BCUT2D eigenvalue weighted by atomic mass is 35.5. The molecule has 180 valence electrons. The van der Waals surface area contributed by atoms with Crippen LogP contribution in [0.25, 0.3) is 0 Å². The Morgan fingerprint density at radius 2 is 1.79 bits per heavy atom. The molecule has 0 bridgehead atoms. The van der Waals surface area contributed by atoms with Gasteiger partial charge in [-0.3, -0.25) is 19.3 Å². The van der Waals surface area contributed by atoms with Crippen LogP contribution in [0.3, 0.4) is 0 Å². The molecule has 2 aromatic rings. The van der Waals surface area contributed by atoms with Gasteiger partial charge in [-0.15, -0.1) is 0 Å². The first-order valence-electron chi connectivity index (χ1n) is 10.2. The van der Waals surface area contributed by atoms with E-state index in [1.807, 2.05) is 0 Å². The van der Waals surface area contributed by atoms with Crippen LogP contribution in [0.1, 0.15) is 31.0 Å². The first kappa shape index (κ1) is 23.9. The van der Waals surface area contributed by atoms with Gasteiger partial charge in [-0.25, -0.2) is 9.37 Å². The number of halogens is 5. The highest BCUT2D eigenvalue weighted by Gasteiger charge is 2.62. The summed E-state index contributed by atoms with van der Waals surface area (Å²) in [6.07, 6.45) is -3.38. The number of carbonyl (C=O) groups excluding carboxylic acids is 3. The summed E-state index contributed by atoms with van der Waals surface area (Å²) in [6.45, 7) is 2.09. The molecule has 1 aromatic carbocycles. The number of alkyl halides is 3. The minimum absolute atomic E-state index is 0.00991. The Labute approximate surface area is 196 Å². The van der Waals surface area contributed by atoms with Crippen molar-refractivity contribution in [3.05, 3.63) is 58.5 Å². The Morgan fingerprint density at radius 1 is 1.18 bits per heavy atom. The Hall–Kier alpha value is -3.21. The van der Waals surface area contributed by atoms with E-state index in [0.717, 1.165) is 29.3 Å². The zero-order valence-corrected chi connectivity index (χ0v) is 18.8. The van der Waals surface area contributed by atoms with Gasteiger partial charge in [0.15, 0.2) is 17.2 Å². The quantitative estimate of drug-likeness (QED) is 0.608. The number of benzene rings is 1. The van der Waals surface area contributed by atoms with Gasteiger partial charge in [-0.1, -0.05) is 23.7 Å². The number of piperazine rings is 1. The normalized spacial score (nSPS) is 18.9. The molecule has 2 fully saturated rings. The van der Waals surface area contributed by atoms with Gasteiger partial charge >= 0.3 is 6.18 Å². The topological polar surface area (TPSA) is 73.8 Å². The molecule has 2 aliphatic heterocycles. The van der Waals surface area contributed by atoms with Crippen molar-refractivity contribution in [1.82, 2.24) is 14.8 Å². The van der Waals surface area contributed by atoms with Crippen LogP contribution in [-0.2, 0) is 20.6 Å². The van der Waals surface area contributed by atoms with Crippen LogP contribution in [0.15, 0.2) is 36.5 Å². The smallest absolute Gasteiger partial charge is 0.337 e. The van der Waals surface area contributed by atoms with Gasteiger partial charge in [0, 0.05) is 13.1 Å². The van der Waals surface area contributed by atoms with Crippen molar-refractivity contribution in [3.8, 4) is 0 Å². The summed E-state index contributed by atoms with van der Waals surface area (Å²) in [5.74, 6) is -2.79. The van der Waals surface area contributed by atoms with Crippen LogP contribution in [0.4, 0.5) is 23.4 Å². The molecule has 0 radical (unpaired) electrons. The third-order valence-corrected chi connectivity index (χ3v) is 6.38. The van der Waals surface area contributed by atoms with Crippen molar-refractivity contribution in [2.75, 3.05) is 24.5 Å². The molecule has 4 rings (SSSR count). The van der Waals surface area contributed by atoms with Crippen molar-refractivity contribution in [2.24, 2.45) is 0 Å². The highest BCUT2D eigenvalue weighted by Crippen LogP contribution is 2.41. The third-order valence-electron chi connectivity index (χ3n) is 6.17. The molecule has 1 aromatic heterocycles. The van der Waals surface area contributed by atoms with E-state index < -0.39 is 47.5 Å². The lowest BCUT2D eigenvalue weighted by atomic mass is 9.81. The van der Waals surface area contributed by atoms with Crippen LogP contribution in [0, 0.1) is 5.82 Å². The fourth-order valence-corrected chi connectivity index (χ4v) is 4.58. The van der Waals surface area contributed by atoms with Crippen molar-refractivity contribution in [1.29, 1.82) is 0 Å². The van der Waals surface area contributed by atoms with Gasteiger partial charge in [0.1, 0.15) is 6.54 Å². The number of aromatic nitrogens is 1. The molecule has 3 heterocycles. The number of amides is 3. The third kappa shape index (κ3) is 3.87. The molecule has 1 spiro atoms. The Kier molecular flexibility index (Phi) is 5.79. The number of anilines is 1. The van der Waals surface area contributed by atoms with Crippen LogP contribution in [0.2, 0.25) is 5.02 Å². The average Bonchev–Trinajstić information content (AvgIpc) is 2.72. The minimum Gasteiger partial charge on any atom is -0.337 e. The predicted molar refractivity (Wildman–Crippen MR) is 113 cm³/mol. The molecule has 7 nitrogen and oxygen atoms in total. The first-order valence-corrected chi connectivity index (χ1v) is 10.6. The number of likely N-dealkylation sites (tertiary alicyclic amines) is 1. The Bertz CT molecular complexity index is 1170. The molecule has 0 saturated carbocycles. The van der Waals surface area contributed by atoms with E-state index in [1.54, 1.807) is 6.92 Å². The van der Waals surface area contributed by atoms with E-state index in [-0.39, 0.29) is 29.8 Å². The standard InChI is InChI=1S/C22H19ClF4N4O3/c1-12(14-3-5-15(6-4-14)22(25,26)27)31-18(33)9-30(19-17(24)7-16(23)8-28-19)20(34)21(31)10-29(11-21)13(2)32/h3-8,12H,9-11H2,1-2H3/t12-/m0/s1. The van der Waals surface area contributed by atoms with Gasteiger partial charge in [-0.2, -0.15) is 13.2 Å². The van der Waals surface area contributed by atoms with Crippen molar-refractivity contribution in [3.63, 3.8) is 0 Å². The SMILES string of the molecule is CC(=O)N1CC2(C1)C(=O)N(c1ncc(Cl)cc1F)CC(=O)N2[C@@H](C)c1ccc(C(F)(F)F)cc1. The van der Waals surface area contributed by atoms with Crippen molar-refractivity contribution in [2.45, 2.75) is 31.6 Å². The molecule has 0 N–H and O–H groups in total.